The number of para-hydroxylation sites is 1. The van der Waals surface area contributed by atoms with Crippen molar-refractivity contribution < 1.29 is 4.74 Å². The van der Waals surface area contributed by atoms with E-state index in [1.165, 1.54) is 0 Å². The summed E-state index contributed by atoms with van der Waals surface area (Å²) in [4.78, 5) is 8.35. The Balaban J connectivity index is 2.09. The van der Waals surface area contributed by atoms with Crippen molar-refractivity contribution in [3.05, 3.63) is 45.8 Å². The van der Waals surface area contributed by atoms with Crippen LogP contribution in [0.5, 0.6) is 11.8 Å². The number of aromatic nitrogens is 2. The number of halogens is 1. The number of benzene rings is 1. The molecule has 0 saturated carbocycles. The van der Waals surface area contributed by atoms with Crippen LogP contribution in [0.1, 0.15) is 12.5 Å². The van der Waals surface area contributed by atoms with Crippen molar-refractivity contribution >= 4 is 22.6 Å². The fourth-order valence-electron chi connectivity index (χ4n) is 1.50. The van der Waals surface area contributed by atoms with Gasteiger partial charge in [0.05, 0.1) is 3.57 Å². The third kappa shape index (κ3) is 3.64. The first-order valence-electron chi connectivity index (χ1n) is 5.64. The van der Waals surface area contributed by atoms with E-state index < -0.39 is 0 Å². The van der Waals surface area contributed by atoms with E-state index in [0.717, 1.165) is 21.3 Å². The van der Waals surface area contributed by atoms with Gasteiger partial charge in [-0.3, -0.25) is 0 Å². The van der Waals surface area contributed by atoms with Gasteiger partial charge in [-0.05, 0) is 53.6 Å². The molecule has 5 heteroatoms. The van der Waals surface area contributed by atoms with Gasteiger partial charge in [0.15, 0.2) is 0 Å². The maximum Gasteiger partial charge on any atom is 0.321 e. The minimum atomic E-state index is 0.107. The minimum Gasteiger partial charge on any atom is -0.423 e. The Labute approximate surface area is 120 Å². The minimum absolute atomic E-state index is 0.107. The average molecular weight is 355 g/mol. The smallest absolute Gasteiger partial charge is 0.321 e. The lowest BCUT2D eigenvalue weighted by Crippen LogP contribution is -2.17. The third-order valence-electron chi connectivity index (χ3n) is 2.28. The Hall–Kier alpha value is -1.21. The largest absolute Gasteiger partial charge is 0.423 e. The van der Waals surface area contributed by atoms with Gasteiger partial charge in [0.2, 0.25) is 0 Å². The van der Waals surface area contributed by atoms with Crippen LogP contribution in [0.15, 0.2) is 36.7 Å². The lowest BCUT2D eigenvalue weighted by Gasteiger charge is -2.07. The molecule has 1 aromatic carbocycles. The number of nitrogens with zero attached hydrogens (tertiary/aromatic N) is 2. The Morgan fingerprint density at radius 2 is 1.94 bits per heavy atom. The van der Waals surface area contributed by atoms with Crippen molar-refractivity contribution in [2.75, 3.05) is 0 Å². The molecule has 1 atom stereocenters. The Morgan fingerprint density at radius 1 is 1.28 bits per heavy atom. The van der Waals surface area contributed by atoms with Crippen LogP contribution in [-0.4, -0.2) is 16.0 Å². The van der Waals surface area contributed by atoms with Gasteiger partial charge in [-0.2, -0.15) is 0 Å². The summed E-state index contributed by atoms with van der Waals surface area (Å²) >= 11 is 2.21. The SMILES string of the molecule is CC(N)Cc1cnc(Oc2ccccc2I)nc1. The maximum atomic E-state index is 5.72. The van der Waals surface area contributed by atoms with Crippen LogP contribution in [-0.2, 0) is 6.42 Å². The standard InChI is InChI=1S/C13H14IN3O/c1-9(15)6-10-7-16-13(17-8-10)18-12-5-3-2-4-11(12)14/h2-5,7-9H,6,15H2,1H3. The molecular weight excluding hydrogens is 341 g/mol. The highest BCUT2D eigenvalue weighted by Crippen LogP contribution is 2.23. The molecule has 0 spiro atoms. The molecule has 0 aliphatic heterocycles. The van der Waals surface area contributed by atoms with Crippen molar-refractivity contribution in [1.82, 2.24) is 9.97 Å². The third-order valence-corrected chi connectivity index (χ3v) is 3.17. The predicted octanol–water partition coefficient (Wildman–Crippen LogP) is 2.76. The van der Waals surface area contributed by atoms with E-state index >= 15 is 0 Å². The Bertz CT molecular complexity index is 514. The fraction of sp³-hybridized carbons (Fsp3) is 0.231. The first-order chi connectivity index (χ1) is 8.65. The molecule has 94 valence electrons. The first kappa shape index (κ1) is 13.2. The number of hydrogen-bond acceptors (Lipinski definition) is 4. The molecule has 1 heterocycles. The van der Waals surface area contributed by atoms with E-state index in [0.29, 0.717) is 6.01 Å². The number of nitrogens with two attached hydrogens (primary N) is 1. The van der Waals surface area contributed by atoms with Gasteiger partial charge in [-0.25, -0.2) is 9.97 Å². The summed E-state index contributed by atoms with van der Waals surface area (Å²) in [5, 5.41) is 0. The summed E-state index contributed by atoms with van der Waals surface area (Å²) in [6.45, 7) is 1.96. The molecule has 0 radical (unpaired) electrons. The van der Waals surface area contributed by atoms with E-state index in [2.05, 4.69) is 32.6 Å². The van der Waals surface area contributed by atoms with Gasteiger partial charge in [-0.15, -0.1) is 0 Å². The van der Waals surface area contributed by atoms with Crippen LogP contribution < -0.4 is 10.5 Å². The molecule has 0 fully saturated rings. The van der Waals surface area contributed by atoms with Crippen molar-refractivity contribution in [3.63, 3.8) is 0 Å². The predicted molar refractivity (Wildman–Crippen MR) is 78.6 cm³/mol. The molecule has 18 heavy (non-hydrogen) atoms. The van der Waals surface area contributed by atoms with Crippen molar-refractivity contribution in [2.24, 2.45) is 5.73 Å². The average Bonchev–Trinajstić information content (AvgIpc) is 2.34. The molecule has 0 saturated heterocycles. The maximum absolute atomic E-state index is 5.72. The van der Waals surface area contributed by atoms with Crippen molar-refractivity contribution in [3.8, 4) is 11.8 Å². The molecule has 0 amide bonds. The van der Waals surface area contributed by atoms with Crippen LogP contribution in [0, 0.1) is 3.57 Å². The molecule has 4 nitrogen and oxygen atoms in total. The molecule has 2 rings (SSSR count). The summed E-state index contributed by atoms with van der Waals surface area (Å²) in [6, 6.07) is 8.20. The van der Waals surface area contributed by atoms with Gasteiger partial charge in [0.25, 0.3) is 0 Å². The van der Waals surface area contributed by atoms with Crippen LogP contribution >= 0.6 is 22.6 Å². The van der Waals surface area contributed by atoms with Gasteiger partial charge in [0.1, 0.15) is 5.75 Å². The Morgan fingerprint density at radius 3 is 2.56 bits per heavy atom. The number of rotatable bonds is 4. The quantitative estimate of drug-likeness (QED) is 0.857. The fourth-order valence-corrected chi connectivity index (χ4v) is 2.00. The van der Waals surface area contributed by atoms with Crippen LogP contribution in [0.2, 0.25) is 0 Å². The highest BCUT2D eigenvalue weighted by atomic mass is 127. The van der Waals surface area contributed by atoms with Crippen molar-refractivity contribution in [1.29, 1.82) is 0 Å². The van der Waals surface area contributed by atoms with Crippen LogP contribution in [0.25, 0.3) is 0 Å². The lowest BCUT2D eigenvalue weighted by molar-refractivity contribution is 0.438. The zero-order chi connectivity index (χ0) is 13.0. The van der Waals surface area contributed by atoms with E-state index in [-0.39, 0.29) is 6.04 Å². The van der Waals surface area contributed by atoms with Gasteiger partial charge >= 0.3 is 6.01 Å². The molecule has 2 N–H and O–H groups in total. The van der Waals surface area contributed by atoms with Gasteiger partial charge in [0, 0.05) is 18.4 Å². The van der Waals surface area contributed by atoms with E-state index in [1.54, 1.807) is 12.4 Å². The van der Waals surface area contributed by atoms with E-state index in [9.17, 15) is 0 Å². The highest BCUT2D eigenvalue weighted by Gasteiger charge is 2.05. The first-order valence-corrected chi connectivity index (χ1v) is 6.72. The second-order valence-electron chi connectivity index (χ2n) is 4.09. The van der Waals surface area contributed by atoms with E-state index in [1.807, 2.05) is 31.2 Å². The number of ether oxygens (including phenoxy) is 1. The van der Waals surface area contributed by atoms with Crippen LogP contribution in [0.3, 0.4) is 0 Å². The summed E-state index contributed by atoms with van der Waals surface area (Å²) < 4.78 is 6.63. The summed E-state index contributed by atoms with van der Waals surface area (Å²) in [6.07, 6.45) is 4.27. The van der Waals surface area contributed by atoms with Gasteiger partial charge in [-0.1, -0.05) is 12.1 Å². The summed E-state index contributed by atoms with van der Waals surface area (Å²) in [7, 11) is 0. The Kier molecular flexibility index (Phi) is 4.48. The normalized spacial score (nSPS) is 12.2. The van der Waals surface area contributed by atoms with Crippen LogP contribution in [0.4, 0.5) is 0 Å². The monoisotopic (exact) mass is 355 g/mol. The number of hydrogen-bond donors (Lipinski definition) is 1. The lowest BCUT2D eigenvalue weighted by atomic mass is 10.1. The molecule has 0 aliphatic carbocycles. The topological polar surface area (TPSA) is 61.0 Å². The molecule has 1 unspecified atom stereocenters. The molecule has 0 aliphatic rings. The van der Waals surface area contributed by atoms with Crippen molar-refractivity contribution in [2.45, 2.75) is 19.4 Å². The molecular formula is C13H14IN3O. The molecule has 1 aromatic heterocycles. The zero-order valence-electron chi connectivity index (χ0n) is 10.0. The molecule has 2 aromatic rings. The summed E-state index contributed by atoms with van der Waals surface area (Å²) in [5.41, 5.74) is 6.73. The second kappa shape index (κ2) is 6.10. The van der Waals surface area contributed by atoms with E-state index in [4.69, 9.17) is 10.5 Å². The highest BCUT2D eigenvalue weighted by molar-refractivity contribution is 14.1. The molecule has 0 bridgehead atoms. The summed E-state index contributed by atoms with van der Waals surface area (Å²) in [5.74, 6) is 0.762. The second-order valence-corrected chi connectivity index (χ2v) is 5.25. The van der Waals surface area contributed by atoms with Gasteiger partial charge < -0.3 is 10.5 Å². The zero-order valence-corrected chi connectivity index (χ0v) is 12.2.